The first-order chi connectivity index (χ1) is 10.4. The maximum atomic E-state index is 14.1. The zero-order valence-corrected chi connectivity index (χ0v) is 15.5. The van der Waals surface area contributed by atoms with Crippen LogP contribution < -0.4 is 10.6 Å². The molecule has 0 radical (unpaired) electrons. The Labute approximate surface area is 154 Å². The molecule has 5 nitrogen and oxygen atoms in total. The van der Waals surface area contributed by atoms with Gasteiger partial charge in [0.1, 0.15) is 5.82 Å². The maximum Gasteiger partial charge on any atom is 0.224 e. The second-order valence-corrected chi connectivity index (χ2v) is 5.77. The number of rotatable bonds is 4. The van der Waals surface area contributed by atoms with E-state index in [1.165, 1.54) is 13.0 Å². The van der Waals surface area contributed by atoms with E-state index in [9.17, 15) is 14.0 Å². The number of ketones is 1. The monoisotopic (exact) mass is 379 g/mol. The van der Waals surface area contributed by atoms with Gasteiger partial charge in [0, 0.05) is 44.2 Å². The van der Waals surface area contributed by atoms with E-state index in [-0.39, 0.29) is 42.5 Å². The minimum Gasteiger partial charge on any atom is -0.366 e. The number of amides is 1. The molecule has 2 rings (SSSR count). The first-order valence-electron chi connectivity index (χ1n) is 7.47. The van der Waals surface area contributed by atoms with Gasteiger partial charge in [0.15, 0.2) is 5.78 Å². The Bertz CT molecular complexity index is 576. The Morgan fingerprint density at radius 1 is 1.21 bits per heavy atom. The number of benzene rings is 1. The van der Waals surface area contributed by atoms with Gasteiger partial charge in [-0.2, -0.15) is 0 Å². The van der Waals surface area contributed by atoms with Gasteiger partial charge in [-0.25, -0.2) is 4.39 Å². The molecule has 8 heteroatoms. The van der Waals surface area contributed by atoms with Gasteiger partial charge < -0.3 is 15.5 Å². The number of nitrogens with zero attached hydrogens (tertiary/aromatic N) is 2. The number of halogens is 3. The van der Waals surface area contributed by atoms with E-state index in [1.807, 2.05) is 4.90 Å². The number of hydrogen-bond acceptors (Lipinski definition) is 4. The van der Waals surface area contributed by atoms with Gasteiger partial charge in [0.05, 0.1) is 5.69 Å². The molecule has 2 N–H and O–H groups in total. The lowest BCUT2D eigenvalue weighted by atomic mass is 10.1. The lowest BCUT2D eigenvalue weighted by Gasteiger charge is -2.36. The SMILES string of the molecule is CC(=O)c1ccc(N2CCN(C(=O)CC(C)N)CC2)c(F)c1.Cl.Cl. The largest absolute Gasteiger partial charge is 0.366 e. The molecule has 1 heterocycles. The Kier molecular flexibility index (Phi) is 9.25. The molecular formula is C16H24Cl2FN3O2. The van der Waals surface area contributed by atoms with E-state index in [0.717, 1.165) is 0 Å². The van der Waals surface area contributed by atoms with Crippen molar-refractivity contribution in [3.05, 3.63) is 29.6 Å². The highest BCUT2D eigenvalue weighted by atomic mass is 35.5. The van der Waals surface area contributed by atoms with Crippen LogP contribution in [0.1, 0.15) is 30.6 Å². The number of hydrogen-bond donors (Lipinski definition) is 1. The Hall–Kier alpha value is -1.37. The number of piperazine rings is 1. The zero-order valence-electron chi connectivity index (χ0n) is 13.8. The van der Waals surface area contributed by atoms with Crippen molar-refractivity contribution in [1.29, 1.82) is 0 Å². The van der Waals surface area contributed by atoms with E-state index in [2.05, 4.69) is 0 Å². The normalized spacial score (nSPS) is 15.2. The van der Waals surface area contributed by atoms with Crippen LogP contribution in [-0.2, 0) is 4.79 Å². The lowest BCUT2D eigenvalue weighted by Crippen LogP contribution is -2.49. The van der Waals surface area contributed by atoms with Gasteiger partial charge in [0.25, 0.3) is 0 Å². The first-order valence-corrected chi connectivity index (χ1v) is 7.47. The fourth-order valence-electron chi connectivity index (χ4n) is 2.58. The van der Waals surface area contributed by atoms with Crippen LogP contribution in [0.3, 0.4) is 0 Å². The predicted octanol–water partition coefficient (Wildman–Crippen LogP) is 2.26. The Morgan fingerprint density at radius 2 is 1.79 bits per heavy atom. The summed E-state index contributed by atoms with van der Waals surface area (Å²) in [7, 11) is 0. The van der Waals surface area contributed by atoms with Crippen molar-refractivity contribution < 1.29 is 14.0 Å². The second kappa shape index (κ2) is 9.81. The van der Waals surface area contributed by atoms with E-state index in [1.54, 1.807) is 24.0 Å². The summed E-state index contributed by atoms with van der Waals surface area (Å²) in [5.74, 6) is -0.512. The van der Waals surface area contributed by atoms with Crippen molar-refractivity contribution in [1.82, 2.24) is 4.90 Å². The fraction of sp³-hybridized carbons (Fsp3) is 0.500. The van der Waals surface area contributed by atoms with Crippen molar-refractivity contribution in [2.45, 2.75) is 26.3 Å². The fourth-order valence-corrected chi connectivity index (χ4v) is 2.58. The van der Waals surface area contributed by atoms with Crippen LogP contribution in [0, 0.1) is 5.82 Å². The first kappa shape index (κ1) is 22.6. The maximum absolute atomic E-state index is 14.1. The number of carbonyl (C=O) groups is 2. The molecular weight excluding hydrogens is 356 g/mol. The van der Waals surface area contributed by atoms with Crippen molar-refractivity contribution in [2.24, 2.45) is 5.73 Å². The van der Waals surface area contributed by atoms with Gasteiger partial charge in [-0.05, 0) is 32.0 Å². The van der Waals surface area contributed by atoms with Crippen LogP contribution in [0.2, 0.25) is 0 Å². The quantitative estimate of drug-likeness (QED) is 0.814. The van der Waals surface area contributed by atoms with Crippen molar-refractivity contribution in [3.63, 3.8) is 0 Å². The molecule has 24 heavy (non-hydrogen) atoms. The van der Waals surface area contributed by atoms with Crippen LogP contribution in [-0.4, -0.2) is 48.8 Å². The summed E-state index contributed by atoms with van der Waals surface area (Å²) in [6, 6.07) is 4.38. The van der Waals surface area contributed by atoms with Crippen LogP contribution in [0.15, 0.2) is 18.2 Å². The highest BCUT2D eigenvalue weighted by molar-refractivity contribution is 5.94. The molecule has 0 spiro atoms. The van der Waals surface area contributed by atoms with Gasteiger partial charge in [-0.1, -0.05) is 0 Å². The van der Waals surface area contributed by atoms with Crippen molar-refractivity contribution in [2.75, 3.05) is 31.1 Å². The average Bonchev–Trinajstić information content (AvgIpc) is 2.46. The summed E-state index contributed by atoms with van der Waals surface area (Å²) >= 11 is 0. The summed E-state index contributed by atoms with van der Waals surface area (Å²) < 4.78 is 14.1. The molecule has 0 aliphatic carbocycles. The molecule has 1 aliphatic heterocycles. The third-order valence-electron chi connectivity index (χ3n) is 3.82. The third-order valence-corrected chi connectivity index (χ3v) is 3.82. The standard InChI is InChI=1S/C16H22FN3O2.2ClH/c1-11(18)9-16(22)20-7-5-19(6-8-20)15-4-3-13(12(2)21)10-14(15)17;;/h3-4,10-11H,5-9,18H2,1-2H3;2*1H. The second-order valence-electron chi connectivity index (χ2n) is 5.77. The van der Waals surface area contributed by atoms with Crippen LogP contribution in [0.5, 0.6) is 0 Å². The van der Waals surface area contributed by atoms with Crippen LogP contribution in [0.4, 0.5) is 10.1 Å². The molecule has 1 fully saturated rings. The number of carbonyl (C=O) groups excluding carboxylic acids is 2. The van der Waals surface area contributed by atoms with Crippen LogP contribution in [0.25, 0.3) is 0 Å². The van der Waals surface area contributed by atoms with Gasteiger partial charge >= 0.3 is 0 Å². The summed E-state index contributed by atoms with van der Waals surface area (Å²) in [5.41, 5.74) is 6.49. The number of Topliss-reactive ketones (excluding diaryl/α,β-unsaturated/α-hetero) is 1. The predicted molar refractivity (Wildman–Crippen MR) is 98.0 cm³/mol. The van der Waals surface area contributed by atoms with Crippen molar-refractivity contribution >= 4 is 42.2 Å². The van der Waals surface area contributed by atoms with E-state index >= 15 is 0 Å². The van der Waals surface area contributed by atoms with E-state index in [0.29, 0.717) is 43.9 Å². The Morgan fingerprint density at radius 3 is 2.25 bits per heavy atom. The highest BCUT2D eigenvalue weighted by Gasteiger charge is 2.23. The molecule has 1 aromatic rings. The van der Waals surface area contributed by atoms with Crippen molar-refractivity contribution in [3.8, 4) is 0 Å². The number of nitrogens with two attached hydrogens (primary N) is 1. The summed E-state index contributed by atoms with van der Waals surface area (Å²) in [6.07, 6.45) is 0.335. The van der Waals surface area contributed by atoms with E-state index < -0.39 is 5.82 Å². The topological polar surface area (TPSA) is 66.6 Å². The molecule has 0 saturated carbocycles. The summed E-state index contributed by atoms with van der Waals surface area (Å²) in [5, 5.41) is 0. The smallest absolute Gasteiger partial charge is 0.224 e. The van der Waals surface area contributed by atoms with Gasteiger partial charge in [0.2, 0.25) is 5.91 Å². The summed E-state index contributed by atoms with van der Waals surface area (Å²) in [6.45, 7) is 5.47. The molecule has 1 saturated heterocycles. The molecule has 1 unspecified atom stereocenters. The minimum absolute atomic E-state index is 0. The molecule has 1 aliphatic rings. The molecule has 1 amide bonds. The zero-order chi connectivity index (χ0) is 16.3. The van der Waals surface area contributed by atoms with Gasteiger partial charge in [-0.3, -0.25) is 9.59 Å². The van der Waals surface area contributed by atoms with Crippen LogP contribution >= 0.6 is 24.8 Å². The average molecular weight is 380 g/mol. The number of anilines is 1. The third kappa shape index (κ3) is 5.61. The Balaban J connectivity index is 0.00000264. The lowest BCUT2D eigenvalue weighted by molar-refractivity contribution is -0.131. The highest BCUT2D eigenvalue weighted by Crippen LogP contribution is 2.22. The molecule has 1 aromatic carbocycles. The molecule has 136 valence electrons. The van der Waals surface area contributed by atoms with E-state index in [4.69, 9.17) is 5.73 Å². The summed E-state index contributed by atoms with van der Waals surface area (Å²) in [4.78, 5) is 26.9. The molecule has 0 bridgehead atoms. The molecule has 1 atom stereocenters. The molecule has 0 aromatic heterocycles. The van der Waals surface area contributed by atoms with Gasteiger partial charge in [-0.15, -0.1) is 24.8 Å². The minimum atomic E-state index is -0.400.